The Kier molecular flexibility index (Phi) is 14.9. The van der Waals surface area contributed by atoms with Crippen molar-refractivity contribution in [3.8, 4) is 23.7 Å². The zero-order chi connectivity index (χ0) is 22.8. The van der Waals surface area contributed by atoms with E-state index in [-0.39, 0.29) is 0 Å². The highest BCUT2D eigenvalue weighted by Crippen LogP contribution is 2.06. The molecule has 0 heterocycles. The highest BCUT2D eigenvalue weighted by molar-refractivity contribution is 5.48. The predicted molar refractivity (Wildman–Crippen MR) is 135 cm³/mol. The van der Waals surface area contributed by atoms with Gasteiger partial charge in [-0.25, -0.2) is 0 Å². The molecule has 0 saturated heterocycles. The lowest BCUT2D eigenvalue weighted by molar-refractivity contribution is 1.46. The maximum absolute atomic E-state index is 3.19. The van der Waals surface area contributed by atoms with Crippen LogP contribution in [-0.4, -0.2) is 0 Å². The van der Waals surface area contributed by atoms with Crippen LogP contribution in [0.5, 0.6) is 0 Å². The van der Waals surface area contributed by atoms with Crippen molar-refractivity contribution < 1.29 is 0 Å². The molecule has 0 aliphatic rings. The molecule has 0 radical (unpaired) electrons. The van der Waals surface area contributed by atoms with Crippen LogP contribution in [0.25, 0.3) is 0 Å². The van der Waals surface area contributed by atoms with E-state index in [0.29, 0.717) is 0 Å². The summed E-state index contributed by atoms with van der Waals surface area (Å²) in [6.45, 7) is 16.2. The van der Waals surface area contributed by atoms with Gasteiger partial charge in [-0.1, -0.05) is 101 Å². The number of aryl methyl sites for hydroxylation is 2. The maximum Gasteiger partial charge on any atom is 0.0249 e. The highest BCUT2D eigenvalue weighted by Gasteiger charge is 1.91. The topological polar surface area (TPSA) is 0 Å². The quantitative estimate of drug-likeness (QED) is 0.336. The van der Waals surface area contributed by atoms with E-state index in [2.05, 4.69) is 61.8 Å². The summed E-state index contributed by atoms with van der Waals surface area (Å²) in [5.74, 6) is 12.7. The van der Waals surface area contributed by atoms with Crippen LogP contribution < -0.4 is 0 Å². The highest BCUT2D eigenvalue weighted by atomic mass is 13.9. The van der Waals surface area contributed by atoms with Crippen LogP contribution in [0, 0.1) is 37.5 Å². The third-order valence-corrected chi connectivity index (χ3v) is 3.69. The van der Waals surface area contributed by atoms with E-state index in [1.54, 1.807) is 0 Å². The molecule has 156 valence electrons. The van der Waals surface area contributed by atoms with Crippen molar-refractivity contribution in [3.05, 3.63) is 106 Å². The Morgan fingerprint density at radius 1 is 0.333 bits per heavy atom. The molecule has 0 spiro atoms. The minimum Gasteiger partial charge on any atom is -0.0683 e. The molecular weight excluding hydrogens is 360 g/mol. The lowest BCUT2D eigenvalue weighted by Gasteiger charge is -1.94. The van der Waals surface area contributed by atoms with Gasteiger partial charge >= 0.3 is 0 Å². The van der Waals surface area contributed by atoms with E-state index in [9.17, 15) is 0 Å². The fourth-order valence-corrected chi connectivity index (χ4v) is 2.20. The Hall–Kier alpha value is -3.22. The van der Waals surface area contributed by atoms with Gasteiger partial charge in [-0.05, 0) is 62.4 Å². The van der Waals surface area contributed by atoms with Crippen LogP contribution in [-0.2, 0) is 0 Å². The Labute approximate surface area is 185 Å². The van der Waals surface area contributed by atoms with Gasteiger partial charge in [0.25, 0.3) is 0 Å². The third kappa shape index (κ3) is 10.4. The molecule has 0 heteroatoms. The molecule has 0 unspecified atom stereocenters. The van der Waals surface area contributed by atoms with E-state index in [0.717, 1.165) is 22.3 Å². The maximum atomic E-state index is 3.19. The van der Waals surface area contributed by atoms with Crippen LogP contribution >= 0.6 is 0 Å². The number of rotatable bonds is 0. The first kappa shape index (κ1) is 26.8. The van der Waals surface area contributed by atoms with Gasteiger partial charge in [-0.2, -0.15) is 0 Å². The number of benzene rings is 3. The summed E-state index contributed by atoms with van der Waals surface area (Å²) in [4.78, 5) is 0. The molecule has 0 aromatic heterocycles. The zero-order valence-electron chi connectivity index (χ0n) is 19.9. The Balaban J connectivity index is 0.00000129. The molecule has 0 atom stereocenters. The van der Waals surface area contributed by atoms with Gasteiger partial charge in [-0.3, -0.25) is 0 Å². The van der Waals surface area contributed by atoms with Crippen LogP contribution in [0.4, 0.5) is 0 Å². The summed E-state index contributed by atoms with van der Waals surface area (Å²) in [6, 6.07) is 24.5. The van der Waals surface area contributed by atoms with Gasteiger partial charge in [0, 0.05) is 22.3 Å². The third-order valence-electron chi connectivity index (χ3n) is 3.69. The van der Waals surface area contributed by atoms with Crippen molar-refractivity contribution in [2.45, 2.75) is 55.4 Å². The molecule has 0 fully saturated rings. The normalized spacial score (nSPS) is 8.13. The van der Waals surface area contributed by atoms with Gasteiger partial charge < -0.3 is 0 Å². The van der Waals surface area contributed by atoms with Crippen molar-refractivity contribution in [1.82, 2.24) is 0 Å². The first-order chi connectivity index (χ1) is 14.7. The van der Waals surface area contributed by atoms with Gasteiger partial charge in [0.05, 0.1) is 0 Å². The summed E-state index contributed by atoms with van der Waals surface area (Å²) < 4.78 is 0. The van der Waals surface area contributed by atoms with E-state index >= 15 is 0 Å². The van der Waals surface area contributed by atoms with Gasteiger partial charge in [0.1, 0.15) is 0 Å². The molecular formula is C30H36. The molecule has 0 amide bonds. The first-order valence-electron chi connectivity index (χ1n) is 11.0. The zero-order valence-corrected chi connectivity index (χ0v) is 19.9. The Morgan fingerprint density at radius 3 is 0.700 bits per heavy atom. The molecule has 0 nitrogen and oxygen atoms in total. The lowest BCUT2D eigenvalue weighted by Crippen LogP contribution is -1.80. The first-order valence-corrected chi connectivity index (χ1v) is 11.0. The number of hydrogen-bond donors (Lipinski definition) is 0. The van der Waals surface area contributed by atoms with Gasteiger partial charge in [0.15, 0.2) is 0 Å². The standard InChI is InChI=1S/C24H18.3C2H6/c1-19-3-7-21(8-4-19)11-13-23-15-17-24(18-16-23)14-12-22-9-5-20(2)6-10-22;3*1-2/h3-10,15-18H,1-2H3;3*1-2H3. The molecule has 0 aliphatic carbocycles. The summed E-state index contributed by atoms with van der Waals surface area (Å²) in [6.07, 6.45) is 0. The minimum absolute atomic E-state index is 0.997. The van der Waals surface area contributed by atoms with Crippen LogP contribution in [0.1, 0.15) is 74.9 Å². The monoisotopic (exact) mass is 396 g/mol. The number of hydrogen-bond acceptors (Lipinski definition) is 0. The predicted octanol–water partition coefficient (Wildman–Crippen LogP) is 8.18. The second kappa shape index (κ2) is 16.7. The van der Waals surface area contributed by atoms with Crippen LogP contribution in [0.15, 0.2) is 72.8 Å². The average molecular weight is 397 g/mol. The van der Waals surface area contributed by atoms with Crippen molar-refractivity contribution in [3.63, 3.8) is 0 Å². The Morgan fingerprint density at radius 2 is 0.500 bits per heavy atom. The molecule has 0 N–H and O–H groups in total. The molecule has 30 heavy (non-hydrogen) atoms. The molecule has 3 rings (SSSR count). The second-order valence-electron chi connectivity index (χ2n) is 5.81. The largest absolute Gasteiger partial charge is 0.0683 e. The average Bonchev–Trinajstić information content (AvgIpc) is 2.83. The summed E-state index contributed by atoms with van der Waals surface area (Å²) >= 11 is 0. The molecule has 0 aliphatic heterocycles. The second-order valence-corrected chi connectivity index (χ2v) is 5.81. The lowest BCUT2D eigenvalue weighted by atomic mass is 10.1. The van der Waals surface area contributed by atoms with Crippen molar-refractivity contribution in [2.24, 2.45) is 0 Å². The van der Waals surface area contributed by atoms with E-state index in [1.165, 1.54) is 11.1 Å². The van der Waals surface area contributed by atoms with E-state index in [1.807, 2.05) is 90.1 Å². The minimum atomic E-state index is 0.997. The van der Waals surface area contributed by atoms with Gasteiger partial charge in [-0.15, -0.1) is 0 Å². The van der Waals surface area contributed by atoms with Crippen molar-refractivity contribution in [2.75, 3.05) is 0 Å². The fourth-order valence-electron chi connectivity index (χ4n) is 2.20. The molecule has 3 aromatic carbocycles. The molecule has 0 saturated carbocycles. The van der Waals surface area contributed by atoms with Gasteiger partial charge in [0.2, 0.25) is 0 Å². The fraction of sp³-hybridized carbons (Fsp3) is 0.267. The van der Waals surface area contributed by atoms with Crippen molar-refractivity contribution >= 4 is 0 Å². The van der Waals surface area contributed by atoms with Crippen molar-refractivity contribution in [1.29, 1.82) is 0 Å². The molecule has 0 bridgehead atoms. The SMILES string of the molecule is CC.CC.CC.Cc1ccc(C#Cc2ccc(C#Cc3ccc(C)cc3)cc2)cc1. The van der Waals surface area contributed by atoms with E-state index < -0.39 is 0 Å². The molecule has 3 aromatic rings. The van der Waals surface area contributed by atoms with Crippen LogP contribution in [0.3, 0.4) is 0 Å². The Bertz CT molecular complexity index is 851. The van der Waals surface area contributed by atoms with Crippen LogP contribution in [0.2, 0.25) is 0 Å². The summed E-state index contributed by atoms with van der Waals surface area (Å²) in [7, 11) is 0. The van der Waals surface area contributed by atoms with E-state index in [4.69, 9.17) is 0 Å². The summed E-state index contributed by atoms with van der Waals surface area (Å²) in [5.41, 5.74) is 6.55. The summed E-state index contributed by atoms with van der Waals surface area (Å²) in [5, 5.41) is 0. The smallest absolute Gasteiger partial charge is 0.0249 e.